The fourth-order valence-corrected chi connectivity index (χ4v) is 2.86. The average molecular weight is 464 g/mol. The molecular weight excluding hydrogens is 453 g/mol. The van der Waals surface area contributed by atoms with E-state index in [1.54, 1.807) is 0 Å². The third-order valence-electron chi connectivity index (χ3n) is 3.14. The van der Waals surface area contributed by atoms with Gasteiger partial charge in [-0.3, -0.25) is 4.52 Å². The molecule has 0 aliphatic heterocycles. The van der Waals surface area contributed by atoms with E-state index in [0.717, 1.165) is 16.9 Å². The lowest BCUT2D eigenvalue weighted by molar-refractivity contribution is 0.258. The number of hydrogen-bond acceptors (Lipinski definition) is 9. The molecule has 0 atom stereocenters. The zero-order valence-electron chi connectivity index (χ0n) is 13.5. The van der Waals surface area contributed by atoms with Crippen LogP contribution in [-0.2, 0) is 10.0 Å². The molecule has 1 aromatic carbocycles. The molecule has 0 unspecified atom stereocenters. The van der Waals surface area contributed by atoms with E-state index in [4.69, 9.17) is 4.74 Å². The molecule has 0 fully saturated rings. The Morgan fingerprint density at radius 3 is 2.81 bits per heavy atom. The van der Waals surface area contributed by atoms with Crippen LogP contribution in [-0.4, -0.2) is 47.9 Å². The standard InChI is InChI=1S/C13H11BrFN5O6S/c1-27(22,23)16-4-5-24-12-10(17-26-19-12)11-18-25-13(21)20(11)7-2-3-9(15)8(14)6-7/h2-3,6,16H,4-5H2,1H3. The van der Waals surface area contributed by atoms with Crippen molar-refractivity contribution >= 4 is 26.0 Å². The highest BCUT2D eigenvalue weighted by atomic mass is 79.9. The van der Waals surface area contributed by atoms with E-state index in [1.165, 1.54) is 12.1 Å². The molecule has 0 spiro atoms. The Morgan fingerprint density at radius 2 is 2.11 bits per heavy atom. The zero-order valence-corrected chi connectivity index (χ0v) is 16.0. The van der Waals surface area contributed by atoms with E-state index in [1.807, 2.05) is 0 Å². The van der Waals surface area contributed by atoms with Gasteiger partial charge in [-0.15, -0.1) is 0 Å². The van der Waals surface area contributed by atoms with Gasteiger partial charge >= 0.3 is 5.76 Å². The Balaban J connectivity index is 1.89. The van der Waals surface area contributed by atoms with Crippen LogP contribution in [0.15, 0.2) is 36.6 Å². The van der Waals surface area contributed by atoms with Gasteiger partial charge in [0.05, 0.1) is 16.4 Å². The van der Waals surface area contributed by atoms with Crippen LogP contribution in [0.2, 0.25) is 0 Å². The summed E-state index contributed by atoms with van der Waals surface area (Å²) in [4.78, 5) is 12.0. The highest BCUT2D eigenvalue weighted by Crippen LogP contribution is 2.27. The molecule has 0 aliphatic rings. The molecule has 0 saturated heterocycles. The number of rotatable bonds is 7. The number of aromatic nitrogens is 4. The molecule has 3 aromatic rings. The first-order chi connectivity index (χ1) is 12.8. The fraction of sp³-hybridized carbons (Fsp3) is 0.231. The SMILES string of the molecule is CS(=O)(=O)NCCOc1nonc1-c1noc(=O)n1-c1ccc(F)c(Br)c1. The molecule has 0 aliphatic carbocycles. The summed E-state index contributed by atoms with van der Waals surface area (Å²) in [6, 6.07) is 3.84. The maximum Gasteiger partial charge on any atom is 0.446 e. The first-order valence-corrected chi connectivity index (χ1v) is 9.89. The largest absolute Gasteiger partial charge is 0.472 e. The lowest BCUT2D eigenvalue weighted by atomic mass is 10.3. The molecule has 1 N–H and O–H groups in total. The summed E-state index contributed by atoms with van der Waals surface area (Å²) in [5.74, 6) is -1.59. The summed E-state index contributed by atoms with van der Waals surface area (Å²) in [7, 11) is -3.37. The van der Waals surface area contributed by atoms with E-state index in [2.05, 4.69) is 45.3 Å². The summed E-state index contributed by atoms with van der Waals surface area (Å²) in [5.41, 5.74) is 0.192. The van der Waals surface area contributed by atoms with Crippen LogP contribution in [0.4, 0.5) is 4.39 Å². The first-order valence-electron chi connectivity index (χ1n) is 7.21. The molecule has 0 bridgehead atoms. The summed E-state index contributed by atoms with van der Waals surface area (Å²) < 4.78 is 53.5. The fourth-order valence-electron chi connectivity index (χ4n) is 2.04. The molecule has 0 amide bonds. The number of hydrogen-bond donors (Lipinski definition) is 1. The molecule has 144 valence electrons. The van der Waals surface area contributed by atoms with Crippen LogP contribution in [0.5, 0.6) is 5.88 Å². The molecule has 14 heteroatoms. The van der Waals surface area contributed by atoms with Gasteiger partial charge in [0.1, 0.15) is 12.4 Å². The average Bonchev–Trinajstić information content (AvgIpc) is 3.19. The van der Waals surface area contributed by atoms with E-state index in [9.17, 15) is 17.6 Å². The first kappa shape index (κ1) is 19.2. The van der Waals surface area contributed by atoms with Crippen molar-refractivity contribution in [2.75, 3.05) is 19.4 Å². The minimum Gasteiger partial charge on any atom is -0.472 e. The van der Waals surface area contributed by atoms with E-state index in [0.29, 0.717) is 0 Å². The van der Waals surface area contributed by atoms with Gasteiger partial charge in [0.15, 0.2) is 0 Å². The smallest absolute Gasteiger partial charge is 0.446 e. The molecule has 11 nitrogen and oxygen atoms in total. The summed E-state index contributed by atoms with van der Waals surface area (Å²) in [5, 5.41) is 10.8. The van der Waals surface area contributed by atoms with Gasteiger partial charge in [0.2, 0.25) is 21.5 Å². The Bertz CT molecular complexity index is 1120. The van der Waals surface area contributed by atoms with Crippen molar-refractivity contribution in [3.63, 3.8) is 0 Å². The monoisotopic (exact) mass is 463 g/mol. The molecule has 0 radical (unpaired) electrons. The third-order valence-corrected chi connectivity index (χ3v) is 4.48. The quantitative estimate of drug-likeness (QED) is 0.500. The van der Waals surface area contributed by atoms with Gasteiger partial charge in [0, 0.05) is 6.54 Å². The van der Waals surface area contributed by atoms with E-state index < -0.39 is 21.6 Å². The van der Waals surface area contributed by atoms with Crippen LogP contribution in [0.3, 0.4) is 0 Å². The Labute approximate surface area is 159 Å². The molecule has 2 heterocycles. The van der Waals surface area contributed by atoms with Crippen LogP contribution in [0.25, 0.3) is 17.2 Å². The predicted octanol–water partition coefficient (Wildman–Crippen LogP) is 0.705. The number of benzene rings is 1. The lowest BCUT2D eigenvalue weighted by Gasteiger charge is -2.06. The normalized spacial score (nSPS) is 11.7. The van der Waals surface area contributed by atoms with Gasteiger partial charge in [-0.2, -0.15) is 0 Å². The second-order valence-electron chi connectivity index (χ2n) is 5.14. The van der Waals surface area contributed by atoms with Crippen LogP contribution in [0.1, 0.15) is 0 Å². The highest BCUT2D eigenvalue weighted by molar-refractivity contribution is 9.10. The van der Waals surface area contributed by atoms with Crippen molar-refractivity contribution < 1.29 is 26.7 Å². The van der Waals surface area contributed by atoms with Crippen molar-refractivity contribution in [2.24, 2.45) is 0 Å². The Morgan fingerprint density at radius 1 is 1.33 bits per heavy atom. The molecule has 3 rings (SSSR count). The Kier molecular flexibility index (Phi) is 5.38. The molecule has 2 aromatic heterocycles. The molecular formula is C13H11BrFN5O6S. The summed E-state index contributed by atoms with van der Waals surface area (Å²) in [6.07, 6.45) is 1.00. The molecule has 0 saturated carbocycles. The van der Waals surface area contributed by atoms with Crippen molar-refractivity contribution in [3.8, 4) is 23.1 Å². The van der Waals surface area contributed by atoms with Crippen LogP contribution < -0.4 is 15.2 Å². The zero-order chi connectivity index (χ0) is 19.6. The number of nitrogens with zero attached hydrogens (tertiary/aromatic N) is 4. The summed E-state index contributed by atoms with van der Waals surface area (Å²) >= 11 is 3.03. The van der Waals surface area contributed by atoms with Crippen molar-refractivity contribution in [1.29, 1.82) is 0 Å². The van der Waals surface area contributed by atoms with Gasteiger partial charge in [0.25, 0.3) is 5.88 Å². The predicted molar refractivity (Wildman–Crippen MR) is 91.4 cm³/mol. The number of nitrogens with one attached hydrogen (secondary N) is 1. The van der Waals surface area contributed by atoms with Crippen LogP contribution in [0, 0.1) is 5.82 Å². The second-order valence-corrected chi connectivity index (χ2v) is 7.83. The number of ether oxygens (including phenoxy) is 1. The number of halogens is 2. The lowest BCUT2D eigenvalue weighted by Crippen LogP contribution is -2.27. The maximum atomic E-state index is 13.5. The van der Waals surface area contributed by atoms with Crippen molar-refractivity contribution in [3.05, 3.63) is 39.0 Å². The van der Waals surface area contributed by atoms with E-state index in [-0.39, 0.29) is 40.7 Å². The van der Waals surface area contributed by atoms with E-state index >= 15 is 0 Å². The maximum absolute atomic E-state index is 13.5. The van der Waals surface area contributed by atoms with Crippen molar-refractivity contribution in [1.82, 2.24) is 24.8 Å². The van der Waals surface area contributed by atoms with Gasteiger partial charge < -0.3 is 4.74 Å². The number of sulfonamides is 1. The Hall–Kier alpha value is -2.58. The molecule has 27 heavy (non-hydrogen) atoms. The highest BCUT2D eigenvalue weighted by Gasteiger charge is 2.24. The minimum atomic E-state index is -3.37. The minimum absolute atomic E-state index is 0.0261. The van der Waals surface area contributed by atoms with Crippen LogP contribution >= 0.6 is 15.9 Å². The summed E-state index contributed by atoms with van der Waals surface area (Å²) in [6.45, 7) is -0.111. The topological polar surface area (TPSA) is 142 Å². The van der Waals surface area contributed by atoms with Gasteiger partial charge in [-0.05, 0) is 44.4 Å². The van der Waals surface area contributed by atoms with Crippen molar-refractivity contribution in [2.45, 2.75) is 0 Å². The second kappa shape index (κ2) is 7.58. The van der Waals surface area contributed by atoms with Gasteiger partial charge in [-0.1, -0.05) is 5.16 Å². The third kappa shape index (κ3) is 4.40. The van der Waals surface area contributed by atoms with Gasteiger partial charge in [-0.25, -0.2) is 31.5 Å².